The van der Waals surface area contributed by atoms with Crippen LogP contribution in [0.5, 0.6) is 0 Å². The minimum Gasteiger partial charge on any atom is -0.465 e. The lowest BCUT2D eigenvalue weighted by Crippen LogP contribution is -2.51. The molecule has 3 heterocycles. The molecule has 0 aliphatic carbocycles. The van der Waals surface area contributed by atoms with Gasteiger partial charge in [0.05, 0.1) is 49.8 Å². The van der Waals surface area contributed by atoms with Gasteiger partial charge in [0.2, 0.25) is 5.76 Å². The topological polar surface area (TPSA) is 186 Å². The highest BCUT2D eigenvalue weighted by Crippen LogP contribution is 2.48. The second-order valence-electron chi connectivity index (χ2n) is 7.63. The summed E-state index contributed by atoms with van der Waals surface area (Å²) < 4.78 is 25.7. The van der Waals surface area contributed by atoms with Crippen molar-refractivity contribution in [2.45, 2.75) is 19.6 Å². The molecule has 3 aliphatic heterocycles. The molecule has 0 fully saturated rings. The summed E-state index contributed by atoms with van der Waals surface area (Å²) in [6.07, 6.45) is 1.05. The number of fused-ring (bicyclic) bond motifs is 5. The molecular weight excluding hydrogens is 508 g/mol. The number of esters is 4. The fraction of sp³-hybridized carbons (Fsp3) is 0.304. The molecule has 0 saturated heterocycles. The van der Waals surface area contributed by atoms with Crippen LogP contribution in [-0.2, 0) is 42.9 Å². The molecule has 198 valence electrons. The van der Waals surface area contributed by atoms with Gasteiger partial charge in [-0.3, -0.25) is 10.1 Å². The number of rotatable bonds is 7. The van der Waals surface area contributed by atoms with Gasteiger partial charge in [-0.15, -0.1) is 0 Å². The molecular formula is C23H20N4O11. The van der Waals surface area contributed by atoms with Gasteiger partial charge in [-0.1, -0.05) is 0 Å². The van der Waals surface area contributed by atoms with E-state index in [0.717, 1.165) is 37.6 Å². The number of aliphatic imine (C=N–C) groups is 1. The Morgan fingerprint density at radius 3 is 2.34 bits per heavy atom. The second-order valence-corrected chi connectivity index (χ2v) is 7.63. The number of hydrogen-bond donors (Lipinski definition) is 0. The molecule has 0 N–H and O–H groups in total. The average Bonchev–Trinajstić information content (AvgIpc) is 3.38. The van der Waals surface area contributed by atoms with Gasteiger partial charge in [-0.05, 0) is 19.9 Å². The fourth-order valence-electron chi connectivity index (χ4n) is 4.02. The summed E-state index contributed by atoms with van der Waals surface area (Å²) >= 11 is 0. The van der Waals surface area contributed by atoms with E-state index in [-0.39, 0.29) is 35.9 Å². The average molecular weight is 528 g/mol. The van der Waals surface area contributed by atoms with Crippen molar-refractivity contribution in [1.82, 2.24) is 5.01 Å². The summed E-state index contributed by atoms with van der Waals surface area (Å²) in [6.45, 7) is 2.89. The summed E-state index contributed by atoms with van der Waals surface area (Å²) in [5.41, 5.74) is -4.66. The Bertz CT molecular complexity index is 1410. The van der Waals surface area contributed by atoms with Crippen molar-refractivity contribution < 1.29 is 47.8 Å². The zero-order valence-corrected chi connectivity index (χ0v) is 20.5. The first kappa shape index (κ1) is 26.0. The molecule has 0 saturated carbocycles. The Labute approximate surface area is 214 Å². The van der Waals surface area contributed by atoms with E-state index in [0.29, 0.717) is 0 Å². The van der Waals surface area contributed by atoms with Gasteiger partial charge in [0, 0.05) is 17.7 Å². The van der Waals surface area contributed by atoms with Crippen molar-refractivity contribution in [3.63, 3.8) is 0 Å². The molecule has 15 nitrogen and oxygen atoms in total. The quantitative estimate of drug-likeness (QED) is 0.212. The van der Waals surface area contributed by atoms with Crippen LogP contribution in [0.1, 0.15) is 19.4 Å². The maximum atomic E-state index is 13.5. The minimum absolute atomic E-state index is 0.0130. The monoisotopic (exact) mass is 528 g/mol. The van der Waals surface area contributed by atoms with Gasteiger partial charge in [-0.25, -0.2) is 29.2 Å². The van der Waals surface area contributed by atoms with Crippen molar-refractivity contribution in [2.75, 3.05) is 27.4 Å². The number of nitrogens with zero attached hydrogens (tertiary/aromatic N) is 4. The van der Waals surface area contributed by atoms with Crippen LogP contribution in [0, 0.1) is 10.1 Å². The number of carbonyl (C=O) groups is 4. The molecule has 1 aromatic rings. The minimum atomic E-state index is -2.46. The third-order valence-corrected chi connectivity index (χ3v) is 5.57. The summed E-state index contributed by atoms with van der Waals surface area (Å²) in [7, 11) is 2.06. The van der Waals surface area contributed by atoms with Crippen LogP contribution < -0.4 is 0 Å². The molecule has 1 unspecified atom stereocenters. The fourth-order valence-corrected chi connectivity index (χ4v) is 4.02. The summed E-state index contributed by atoms with van der Waals surface area (Å²) in [5, 5.41) is 16.8. The zero-order valence-electron chi connectivity index (χ0n) is 20.5. The van der Waals surface area contributed by atoms with Crippen LogP contribution >= 0.6 is 0 Å². The maximum absolute atomic E-state index is 13.5. The Morgan fingerprint density at radius 2 is 1.74 bits per heavy atom. The number of methoxy groups -OCH3 is 2. The van der Waals surface area contributed by atoms with Crippen LogP contribution in [0.2, 0.25) is 0 Å². The first-order chi connectivity index (χ1) is 18.1. The van der Waals surface area contributed by atoms with E-state index in [1.165, 1.54) is 13.0 Å². The van der Waals surface area contributed by atoms with Crippen LogP contribution in [-0.4, -0.2) is 78.4 Å². The maximum Gasteiger partial charge on any atom is 0.379 e. The van der Waals surface area contributed by atoms with E-state index in [2.05, 4.69) is 10.1 Å². The van der Waals surface area contributed by atoms with Crippen molar-refractivity contribution >= 4 is 46.7 Å². The molecule has 1 atom stereocenters. The molecule has 38 heavy (non-hydrogen) atoms. The number of hydrazone groups is 1. The standard InChI is InChI=1S/C23H20N4O11/c1-5-36-19(28)14-10-26-23(38-14,22(31)37-6-2)16-15(20(29)34-3)18(21(30)35-4)24-13-8-7-11(27(32)33)9-12(13)17(16)25-26/h7-10H,5-6H2,1-4H3. The van der Waals surface area contributed by atoms with Crippen LogP contribution in [0.25, 0.3) is 0 Å². The van der Waals surface area contributed by atoms with E-state index < -0.39 is 57.1 Å². The Balaban J connectivity index is 2.13. The number of ether oxygens (including phenoxy) is 5. The largest absolute Gasteiger partial charge is 0.465 e. The molecule has 0 bridgehead atoms. The normalized spacial score (nSPS) is 18.9. The number of benzene rings is 1. The molecule has 0 radical (unpaired) electrons. The first-order valence-electron chi connectivity index (χ1n) is 11.1. The summed E-state index contributed by atoms with van der Waals surface area (Å²) in [6, 6.07) is 3.47. The van der Waals surface area contributed by atoms with Crippen molar-refractivity contribution in [3.8, 4) is 0 Å². The van der Waals surface area contributed by atoms with E-state index in [4.69, 9.17) is 23.7 Å². The molecule has 1 aromatic carbocycles. The lowest BCUT2D eigenvalue weighted by molar-refractivity contribution is -0.384. The molecule has 0 amide bonds. The van der Waals surface area contributed by atoms with Crippen molar-refractivity contribution in [2.24, 2.45) is 10.1 Å². The van der Waals surface area contributed by atoms with Crippen LogP contribution in [0.15, 0.2) is 51.4 Å². The van der Waals surface area contributed by atoms with Gasteiger partial charge < -0.3 is 23.7 Å². The van der Waals surface area contributed by atoms with Gasteiger partial charge in [0.1, 0.15) is 11.3 Å². The second kappa shape index (κ2) is 9.76. The molecule has 15 heteroatoms. The number of non-ortho nitro benzene ring substituents is 1. The summed E-state index contributed by atoms with van der Waals surface area (Å²) in [5.74, 6) is -4.77. The molecule has 0 aromatic heterocycles. The van der Waals surface area contributed by atoms with Gasteiger partial charge in [0.25, 0.3) is 5.69 Å². The Morgan fingerprint density at radius 1 is 1.05 bits per heavy atom. The van der Waals surface area contributed by atoms with Gasteiger partial charge in [-0.2, -0.15) is 5.10 Å². The van der Waals surface area contributed by atoms with Crippen LogP contribution in [0.3, 0.4) is 0 Å². The highest BCUT2D eigenvalue weighted by molar-refractivity contribution is 6.52. The van der Waals surface area contributed by atoms with E-state index >= 15 is 0 Å². The number of carbonyl (C=O) groups excluding carboxylic acids is 4. The van der Waals surface area contributed by atoms with Crippen molar-refractivity contribution in [3.05, 3.63) is 57.0 Å². The summed E-state index contributed by atoms with van der Waals surface area (Å²) in [4.78, 5) is 67.2. The lowest BCUT2D eigenvalue weighted by atomic mass is 9.88. The highest BCUT2D eigenvalue weighted by atomic mass is 16.6. The van der Waals surface area contributed by atoms with Gasteiger partial charge in [0.15, 0.2) is 5.71 Å². The third-order valence-electron chi connectivity index (χ3n) is 5.57. The van der Waals surface area contributed by atoms with E-state index in [9.17, 15) is 29.3 Å². The molecule has 4 rings (SSSR count). The Kier molecular flexibility index (Phi) is 6.68. The highest BCUT2D eigenvalue weighted by Gasteiger charge is 2.64. The van der Waals surface area contributed by atoms with Gasteiger partial charge >= 0.3 is 29.6 Å². The predicted molar refractivity (Wildman–Crippen MR) is 125 cm³/mol. The van der Waals surface area contributed by atoms with E-state index in [1.54, 1.807) is 6.92 Å². The van der Waals surface area contributed by atoms with Crippen LogP contribution in [0.4, 0.5) is 11.4 Å². The predicted octanol–water partition coefficient (Wildman–Crippen LogP) is 1.04. The number of nitro groups is 1. The molecule has 0 spiro atoms. The molecule has 3 aliphatic rings. The van der Waals surface area contributed by atoms with E-state index in [1.807, 2.05) is 0 Å². The van der Waals surface area contributed by atoms with Crippen molar-refractivity contribution in [1.29, 1.82) is 0 Å². The lowest BCUT2D eigenvalue weighted by Gasteiger charge is -2.29. The number of nitro benzene ring substituents is 1. The first-order valence-corrected chi connectivity index (χ1v) is 11.1. The smallest absolute Gasteiger partial charge is 0.379 e. The number of hydrogen-bond acceptors (Lipinski definition) is 14. The SMILES string of the molecule is CCOC(=O)C1=CN2N=C3C(=C(C(=O)OC)C(C(=O)OC)=Nc4ccc([N+](=O)[O-])cc43)C2(C(=O)OCC)O1. The zero-order chi connectivity index (χ0) is 27.8. The third kappa shape index (κ3) is 3.84. The Hall–Kier alpha value is -5.08.